The highest BCUT2D eigenvalue weighted by molar-refractivity contribution is 7.10. The quantitative estimate of drug-likeness (QED) is 0.0363. The number of piperidine rings is 1. The highest BCUT2D eigenvalue weighted by atomic mass is 32.1. The number of hydrogen-bond donors (Lipinski definition) is 3. The summed E-state index contributed by atoms with van der Waals surface area (Å²) in [6.45, 7) is 17.3. The maximum absolute atomic E-state index is 14.4. The lowest BCUT2D eigenvalue weighted by atomic mass is 9.83. The monoisotopic (exact) mass is 1210 g/mol. The number of carbonyl (C=O) groups excluding carboxylic acids is 3. The van der Waals surface area contributed by atoms with Gasteiger partial charge in [0.1, 0.15) is 41.1 Å². The largest absolute Gasteiger partial charge is 0.508 e. The third-order valence-corrected chi connectivity index (χ3v) is 19.0. The summed E-state index contributed by atoms with van der Waals surface area (Å²) in [7, 11) is 1.77. The van der Waals surface area contributed by atoms with Gasteiger partial charge in [-0.1, -0.05) is 74.4 Å². The lowest BCUT2D eigenvalue weighted by Gasteiger charge is -2.38. The molecule has 3 amide bonds. The van der Waals surface area contributed by atoms with Crippen LogP contribution in [-0.2, 0) is 41.6 Å². The van der Waals surface area contributed by atoms with Gasteiger partial charge in [0, 0.05) is 97.9 Å². The minimum absolute atomic E-state index is 0.0167. The van der Waals surface area contributed by atoms with Crippen LogP contribution in [0.5, 0.6) is 17.5 Å². The van der Waals surface area contributed by atoms with Crippen molar-refractivity contribution in [3.05, 3.63) is 107 Å². The molecule has 5 aliphatic rings. The van der Waals surface area contributed by atoms with Gasteiger partial charge in [-0.05, 0) is 107 Å². The maximum Gasteiger partial charge on any atom is 0.318 e. The summed E-state index contributed by atoms with van der Waals surface area (Å²) < 4.78 is 30.9. The van der Waals surface area contributed by atoms with Crippen LogP contribution in [0.3, 0.4) is 0 Å². The molecule has 4 aliphatic heterocycles. The van der Waals surface area contributed by atoms with Crippen molar-refractivity contribution in [1.82, 2.24) is 40.3 Å². The second-order valence-corrected chi connectivity index (χ2v) is 24.7. The Labute approximate surface area is 515 Å². The number of hydrogen-bond acceptors (Lipinski definition) is 17. The lowest BCUT2D eigenvalue weighted by Crippen LogP contribution is -2.55. The number of phenols is 1. The van der Waals surface area contributed by atoms with E-state index < -0.39 is 6.04 Å². The molecular weight excluding hydrogens is 1120 g/mol. The van der Waals surface area contributed by atoms with Crippen molar-refractivity contribution >= 4 is 62.1 Å². The smallest absolute Gasteiger partial charge is 0.318 e. The Morgan fingerprint density at radius 2 is 1.51 bits per heavy atom. The van der Waals surface area contributed by atoms with Gasteiger partial charge in [0.2, 0.25) is 17.7 Å². The molecule has 6 heterocycles. The van der Waals surface area contributed by atoms with Crippen LogP contribution in [0.15, 0.2) is 90.8 Å². The predicted octanol–water partition coefficient (Wildman–Crippen LogP) is 8.71. The fourth-order valence-corrected chi connectivity index (χ4v) is 14.2. The highest BCUT2D eigenvalue weighted by Crippen LogP contribution is 2.41. The first-order valence-electron chi connectivity index (χ1n) is 31.6. The van der Waals surface area contributed by atoms with Crippen LogP contribution in [0, 0.1) is 5.92 Å². The Kier molecular flexibility index (Phi) is 20.8. The molecule has 11 rings (SSSR count). The van der Waals surface area contributed by atoms with E-state index in [1.54, 1.807) is 24.5 Å². The van der Waals surface area contributed by atoms with Gasteiger partial charge in [-0.25, -0.2) is 4.98 Å². The number of nitrogens with zero attached hydrogens (tertiary/aromatic N) is 8. The van der Waals surface area contributed by atoms with E-state index in [1.165, 1.54) is 12.5 Å². The summed E-state index contributed by atoms with van der Waals surface area (Å²) in [5.41, 5.74) is 4.87. The molecule has 2 aromatic heterocycles. The minimum atomic E-state index is -0.531. The molecule has 0 bridgehead atoms. The van der Waals surface area contributed by atoms with E-state index in [0.717, 1.165) is 150 Å². The van der Waals surface area contributed by atoms with E-state index in [4.69, 9.17) is 38.6 Å². The number of benzene rings is 4. The fourth-order valence-electron chi connectivity index (χ4n) is 13.3. The van der Waals surface area contributed by atoms with Crippen LogP contribution in [-0.4, -0.2) is 182 Å². The molecular formula is C67H86N10O9S. The zero-order chi connectivity index (χ0) is 60.2. The summed E-state index contributed by atoms with van der Waals surface area (Å²) in [5.74, 6) is 1.84. The molecule has 1 aliphatic carbocycles. The third kappa shape index (κ3) is 15.0. The van der Waals surface area contributed by atoms with E-state index in [0.29, 0.717) is 84.9 Å². The number of nitrogens with one attached hydrogen (secondary N) is 2. The van der Waals surface area contributed by atoms with E-state index in [2.05, 4.69) is 68.5 Å². The number of thiazole rings is 1. The number of amides is 3. The number of rotatable bonds is 25. The molecule has 20 heteroatoms. The molecule has 4 atom stereocenters. The van der Waals surface area contributed by atoms with Crippen LogP contribution in [0.2, 0.25) is 0 Å². The molecule has 464 valence electrons. The van der Waals surface area contributed by atoms with Crippen molar-refractivity contribution < 1.29 is 43.2 Å². The Hall–Kier alpha value is -6.94. The number of aromatic nitrogens is 3. The standard InChI is InChI=1S/C67H86N10O9S/c1-5-61(79)74-30-32-75(33-31-74)63-55-25-29-76(59-41-49(78)40-48-16-9-10-17-51(48)59)43-56(55)70-67(72-63)86-45(2)42-73-27-23-50(24-28-73)84-38-36-82-34-35-83-37-39-85-60-22-21-53(52-18-11-12-19-54(52)60)57-44-87-65(69-57)58-20-13-26-77(58)66(81)62(47-14-7-6-8-15-47)71-64(80)46(3)68-4/h5,9-12,16-19,21-22,40-41,44-47,50,58,62,68,78H,1,6-8,13-15,20,23-39,42-43H2,2-4H3,(H,71,80)/t45-,46+,58+,62+/m1/s1. The molecule has 6 aromatic rings. The molecule has 4 fully saturated rings. The number of carbonyl (C=O) groups is 3. The van der Waals surface area contributed by atoms with E-state index in [1.807, 2.05) is 59.2 Å². The molecule has 0 radical (unpaired) electrons. The van der Waals surface area contributed by atoms with Crippen LogP contribution in [0.25, 0.3) is 32.8 Å². The van der Waals surface area contributed by atoms with Crippen molar-refractivity contribution in [2.24, 2.45) is 5.92 Å². The third-order valence-electron chi connectivity index (χ3n) is 18.1. The Morgan fingerprint density at radius 3 is 2.28 bits per heavy atom. The number of anilines is 2. The van der Waals surface area contributed by atoms with Crippen molar-refractivity contribution in [3.63, 3.8) is 0 Å². The molecule has 0 spiro atoms. The molecule has 3 saturated heterocycles. The van der Waals surface area contributed by atoms with Gasteiger partial charge in [0.25, 0.3) is 0 Å². The number of likely N-dealkylation sites (N-methyl/N-ethyl adjacent to an activating group) is 1. The molecule has 1 saturated carbocycles. The molecule has 0 unspecified atom stereocenters. The summed E-state index contributed by atoms with van der Waals surface area (Å²) >= 11 is 1.60. The van der Waals surface area contributed by atoms with Crippen molar-refractivity contribution in [2.75, 3.05) is 115 Å². The van der Waals surface area contributed by atoms with Crippen LogP contribution < -0.4 is 29.9 Å². The first-order valence-corrected chi connectivity index (χ1v) is 32.5. The first-order chi connectivity index (χ1) is 42.5. The zero-order valence-electron chi connectivity index (χ0n) is 50.8. The minimum Gasteiger partial charge on any atom is -0.508 e. The molecule has 3 N–H and O–H groups in total. The number of piperazine rings is 1. The number of ether oxygens (including phenoxy) is 5. The van der Waals surface area contributed by atoms with Gasteiger partial charge in [0.15, 0.2) is 0 Å². The second kappa shape index (κ2) is 29.4. The van der Waals surface area contributed by atoms with Crippen LogP contribution in [0.4, 0.5) is 11.5 Å². The van der Waals surface area contributed by atoms with Crippen molar-refractivity contribution in [1.29, 1.82) is 0 Å². The molecule has 4 aromatic carbocycles. The Balaban J connectivity index is 0.599. The summed E-state index contributed by atoms with van der Waals surface area (Å²) in [6.07, 6.45) is 10.9. The average Bonchev–Trinajstić information content (AvgIpc) is 2.35. The van der Waals surface area contributed by atoms with Gasteiger partial charge >= 0.3 is 6.01 Å². The maximum atomic E-state index is 14.4. The van der Waals surface area contributed by atoms with Gasteiger partial charge in [-0.2, -0.15) is 9.97 Å². The van der Waals surface area contributed by atoms with Crippen molar-refractivity contribution in [2.45, 2.75) is 115 Å². The first kappa shape index (κ1) is 61.7. The van der Waals surface area contributed by atoms with E-state index in [9.17, 15) is 19.5 Å². The summed E-state index contributed by atoms with van der Waals surface area (Å²) in [6, 6.07) is 23.4. The normalized spacial score (nSPS) is 19.0. The Morgan fingerprint density at radius 1 is 0.770 bits per heavy atom. The summed E-state index contributed by atoms with van der Waals surface area (Å²) in [4.78, 5) is 66.1. The van der Waals surface area contributed by atoms with Gasteiger partial charge in [-0.3, -0.25) is 19.3 Å². The topological polar surface area (TPSA) is 197 Å². The SMILES string of the molecule is C=CC(=O)N1CCN(c2nc(O[C@H](C)CN3CCC(OCCOCCOCCOc4ccc(-c5csc([C@@H]6CCCN6C(=O)[C@@H](NC(=O)[C@H](C)NC)C6CCCCC6)n5)c5ccccc45)CC3)nc3c2CCN(c2cc(O)cc4ccccc24)C3)CC1. The highest BCUT2D eigenvalue weighted by Gasteiger charge is 2.40. The number of phenolic OH excluding ortho intramolecular Hbond substituents is 1. The van der Waals surface area contributed by atoms with E-state index in [-0.39, 0.29) is 53.7 Å². The van der Waals surface area contributed by atoms with Crippen LogP contribution in [0.1, 0.15) is 93.9 Å². The summed E-state index contributed by atoms with van der Waals surface area (Å²) in [5, 5.41) is 24.0. The second-order valence-electron chi connectivity index (χ2n) is 23.8. The zero-order valence-corrected chi connectivity index (χ0v) is 51.7. The molecule has 87 heavy (non-hydrogen) atoms. The average molecular weight is 1210 g/mol. The van der Waals surface area contributed by atoms with Gasteiger partial charge < -0.3 is 59.0 Å². The Bertz CT molecular complexity index is 3320. The van der Waals surface area contributed by atoms with E-state index >= 15 is 0 Å². The number of aromatic hydroxyl groups is 1. The van der Waals surface area contributed by atoms with Crippen molar-refractivity contribution in [3.8, 4) is 28.8 Å². The number of fused-ring (bicyclic) bond motifs is 3. The fraction of sp³-hybridized carbons (Fsp3) is 0.522. The molecule has 19 nitrogen and oxygen atoms in total. The van der Waals surface area contributed by atoms with Gasteiger partial charge in [0.05, 0.1) is 69.2 Å². The predicted molar refractivity (Wildman–Crippen MR) is 340 cm³/mol. The number of likely N-dealkylation sites (tertiary alicyclic amines) is 2. The van der Waals surface area contributed by atoms with Gasteiger partial charge in [-0.15, -0.1) is 11.3 Å². The lowest BCUT2D eigenvalue weighted by molar-refractivity contribution is -0.139. The van der Waals surface area contributed by atoms with Crippen LogP contribution >= 0.6 is 11.3 Å².